The lowest BCUT2D eigenvalue weighted by molar-refractivity contribution is -0.165. The molecule has 3 atom stereocenters. The molecule has 3 aromatic carbocycles. The Balaban J connectivity index is 0.000000471. The number of rotatable bonds is 14. The average molecular weight is 715 g/mol. The van der Waals surface area contributed by atoms with Gasteiger partial charge in [-0.1, -0.05) is 23.7 Å². The summed E-state index contributed by atoms with van der Waals surface area (Å²) in [6.45, 7) is 1.42. The van der Waals surface area contributed by atoms with Crippen LogP contribution in [0, 0.1) is 5.82 Å². The van der Waals surface area contributed by atoms with Gasteiger partial charge in [-0.3, -0.25) is 4.21 Å². The first kappa shape index (κ1) is 36.9. The van der Waals surface area contributed by atoms with E-state index in [1.807, 2.05) is 36.4 Å². The number of carbonyl (C=O) groups is 2. The standard InChI is InChI=1S/C29H26ClFN4O3S.C4H6O6/c1-39(36)12-11-32-16-23-7-10-27(38-23)20-5-8-26-24(14-20)29(34-18-33-26)35-22-6-9-28(25(30)15-22)37-17-19-3-2-4-21(31)13-19;5-1(3(7)8)2(6)4(9)10/h2-10,13-15,18,32H,11-12,16-17H2,1H3,(H,33,34,35);1-2,5-6H,(H,7,8)(H,9,10). The van der Waals surface area contributed by atoms with Gasteiger partial charge in [-0.25, -0.2) is 23.9 Å². The Morgan fingerprint density at radius 3 is 2.43 bits per heavy atom. The number of ether oxygens (including phenoxy) is 1. The predicted molar refractivity (Wildman–Crippen MR) is 181 cm³/mol. The summed E-state index contributed by atoms with van der Waals surface area (Å²) in [5, 5.41) is 40.3. The minimum atomic E-state index is -2.27. The van der Waals surface area contributed by atoms with Crippen molar-refractivity contribution in [2.24, 2.45) is 0 Å². The van der Waals surface area contributed by atoms with E-state index >= 15 is 0 Å². The number of halogens is 2. The fraction of sp³-hybridized carbons (Fsp3) is 0.212. The Kier molecular flexibility index (Phi) is 13.1. The van der Waals surface area contributed by atoms with Crippen molar-refractivity contribution in [3.63, 3.8) is 0 Å². The van der Waals surface area contributed by atoms with E-state index in [9.17, 15) is 18.2 Å². The summed E-state index contributed by atoms with van der Waals surface area (Å²) < 4.78 is 36.5. The lowest BCUT2D eigenvalue weighted by Gasteiger charge is -2.12. The third kappa shape index (κ3) is 10.8. The predicted octanol–water partition coefficient (Wildman–Crippen LogP) is 4.35. The van der Waals surface area contributed by atoms with Gasteiger partial charge in [0.25, 0.3) is 0 Å². The zero-order valence-corrected chi connectivity index (χ0v) is 27.4. The fourth-order valence-corrected chi connectivity index (χ4v) is 4.92. The zero-order chi connectivity index (χ0) is 35.5. The van der Waals surface area contributed by atoms with Gasteiger partial charge in [-0.05, 0) is 66.2 Å². The number of aliphatic hydroxyl groups is 2. The van der Waals surface area contributed by atoms with E-state index in [-0.39, 0.29) is 12.4 Å². The molecule has 0 amide bonds. The summed E-state index contributed by atoms with van der Waals surface area (Å²) in [4.78, 5) is 28.4. The Hall–Kier alpha value is -4.93. The Morgan fingerprint density at radius 2 is 1.76 bits per heavy atom. The first-order valence-electron chi connectivity index (χ1n) is 14.5. The number of hydrogen-bond donors (Lipinski definition) is 6. The van der Waals surface area contributed by atoms with Crippen LogP contribution in [-0.4, -0.2) is 77.3 Å². The van der Waals surface area contributed by atoms with E-state index in [2.05, 4.69) is 20.6 Å². The summed E-state index contributed by atoms with van der Waals surface area (Å²) in [6.07, 6.45) is -1.34. The number of carboxylic acid groups (broad SMARTS) is 2. The second kappa shape index (κ2) is 17.5. The summed E-state index contributed by atoms with van der Waals surface area (Å²) >= 11 is 6.48. The van der Waals surface area contributed by atoms with E-state index in [1.54, 1.807) is 30.5 Å². The number of furan rings is 1. The molecule has 0 spiro atoms. The number of benzene rings is 3. The summed E-state index contributed by atoms with van der Waals surface area (Å²) in [5.74, 6) is -0.614. The van der Waals surface area contributed by atoms with Gasteiger partial charge >= 0.3 is 11.9 Å². The van der Waals surface area contributed by atoms with E-state index in [4.69, 9.17) is 41.2 Å². The van der Waals surface area contributed by atoms with Crippen LogP contribution in [0.1, 0.15) is 11.3 Å². The van der Waals surface area contributed by atoms with Crippen LogP contribution in [0.3, 0.4) is 0 Å². The van der Waals surface area contributed by atoms with Crippen molar-refractivity contribution in [3.8, 4) is 17.1 Å². The van der Waals surface area contributed by atoms with Crippen LogP contribution in [0.25, 0.3) is 22.2 Å². The highest BCUT2D eigenvalue weighted by Crippen LogP contribution is 2.33. The van der Waals surface area contributed by atoms with Gasteiger partial charge in [0.05, 0.1) is 17.1 Å². The molecule has 0 aliphatic carbocycles. The maximum atomic E-state index is 13.4. The van der Waals surface area contributed by atoms with Crippen molar-refractivity contribution in [3.05, 3.63) is 101 Å². The minimum absolute atomic E-state index is 0.202. The monoisotopic (exact) mass is 714 g/mol. The number of carboxylic acids is 2. The van der Waals surface area contributed by atoms with Crippen molar-refractivity contribution in [1.29, 1.82) is 0 Å². The number of anilines is 2. The first-order chi connectivity index (χ1) is 23.4. The largest absolute Gasteiger partial charge is 0.487 e. The van der Waals surface area contributed by atoms with Gasteiger partial charge < -0.3 is 40.2 Å². The van der Waals surface area contributed by atoms with Gasteiger partial charge in [-0.2, -0.15) is 0 Å². The molecule has 16 heteroatoms. The van der Waals surface area contributed by atoms with Crippen LogP contribution in [-0.2, 0) is 33.5 Å². The molecule has 2 heterocycles. The van der Waals surface area contributed by atoms with E-state index in [0.29, 0.717) is 41.0 Å². The highest BCUT2D eigenvalue weighted by molar-refractivity contribution is 7.84. The number of aliphatic carboxylic acids is 2. The van der Waals surface area contributed by atoms with Crippen molar-refractivity contribution >= 4 is 56.7 Å². The highest BCUT2D eigenvalue weighted by Gasteiger charge is 2.29. The fourth-order valence-electron chi connectivity index (χ4n) is 4.26. The van der Waals surface area contributed by atoms with Gasteiger partial charge in [-0.15, -0.1) is 0 Å². The Labute approximate surface area is 286 Å². The second-order valence-corrected chi connectivity index (χ2v) is 12.4. The van der Waals surface area contributed by atoms with E-state index in [0.717, 1.165) is 33.7 Å². The number of nitrogens with one attached hydrogen (secondary N) is 2. The third-order valence-electron chi connectivity index (χ3n) is 6.73. The van der Waals surface area contributed by atoms with Gasteiger partial charge in [0.2, 0.25) is 0 Å². The molecular weight excluding hydrogens is 683 g/mol. The van der Waals surface area contributed by atoms with Crippen LogP contribution < -0.4 is 15.4 Å². The van der Waals surface area contributed by atoms with E-state index in [1.165, 1.54) is 18.5 Å². The van der Waals surface area contributed by atoms with E-state index < -0.39 is 34.9 Å². The molecule has 258 valence electrons. The molecular formula is C33H32ClFN4O9S. The van der Waals surface area contributed by atoms with Crippen LogP contribution in [0.2, 0.25) is 5.02 Å². The quantitative estimate of drug-likeness (QED) is 0.0887. The van der Waals surface area contributed by atoms with Crippen molar-refractivity contribution in [1.82, 2.24) is 15.3 Å². The SMILES string of the molecule is CS(=O)CCNCc1ccc(-c2ccc3ncnc(Nc4ccc(OCc5cccc(F)c5)c(Cl)c4)c3c2)o1.O=C(O)C(O)C(O)C(=O)O. The maximum absolute atomic E-state index is 13.4. The molecule has 0 aliphatic heterocycles. The molecule has 0 radical (unpaired) electrons. The van der Waals surface area contributed by atoms with Crippen LogP contribution in [0.4, 0.5) is 15.9 Å². The van der Waals surface area contributed by atoms with Crippen LogP contribution in [0.15, 0.2) is 83.5 Å². The summed E-state index contributed by atoms with van der Waals surface area (Å²) in [6, 6.07) is 21.3. The second-order valence-electron chi connectivity index (χ2n) is 10.4. The van der Waals surface area contributed by atoms with Gasteiger partial charge in [0.1, 0.15) is 41.8 Å². The molecule has 0 bridgehead atoms. The van der Waals surface area contributed by atoms with Crippen molar-refractivity contribution in [2.45, 2.75) is 25.4 Å². The molecule has 0 fully saturated rings. The summed E-state index contributed by atoms with van der Waals surface area (Å²) in [5.41, 5.74) is 3.10. The number of nitrogens with zero attached hydrogens (tertiary/aromatic N) is 2. The highest BCUT2D eigenvalue weighted by atomic mass is 35.5. The summed E-state index contributed by atoms with van der Waals surface area (Å²) in [7, 11) is -0.826. The molecule has 13 nitrogen and oxygen atoms in total. The molecule has 0 saturated carbocycles. The lowest BCUT2D eigenvalue weighted by Crippen LogP contribution is -2.39. The molecule has 5 aromatic rings. The zero-order valence-electron chi connectivity index (χ0n) is 25.9. The minimum Gasteiger partial charge on any atom is -0.487 e. The maximum Gasteiger partial charge on any atom is 0.335 e. The molecule has 5 rings (SSSR count). The Bertz CT molecular complexity index is 1930. The van der Waals surface area contributed by atoms with Crippen LogP contribution in [0.5, 0.6) is 5.75 Å². The van der Waals surface area contributed by atoms with Gasteiger partial charge in [0.15, 0.2) is 12.2 Å². The smallest absolute Gasteiger partial charge is 0.335 e. The number of hydrogen-bond acceptors (Lipinski definition) is 11. The lowest BCUT2D eigenvalue weighted by atomic mass is 10.1. The average Bonchev–Trinajstić information content (AvgIpc) is 3.55. The van der Waals surface area contributed by atoms with Gasteiger partial charge in [0, 0.05) is 46.0 Å². The third-order valence-corrected chi connectivity index (χ3v) is 7.80. The van der Waals surface area contributed by atoms with Crippen LogP contribution >= 0.6 is 11.6 Å². The molecule has 0 aliphatic rings. The van der Waals surface area contributed by atoms with Crippen molar-refractivity contribution < 1.29 is 47.8 Å². The van der Waals surface area contributed by atoms with Crippen molar-refractivity contribution in [2.75, 3.05) is 23.9 Å². The normalized spacial score (nSPS) is 12.8. The first-order valence-corrected chi connectivity index (χ1v) is 16.6. The molecule has 2 aromatic heterocycles. The molecule has 3 unspecified atom stereocenters. The molecule has 49 heavy (non-hydrogen) atoms. The molecule has 0 saturated heterocycles. The topological polar surface area (TPSA) is 204 Å². The Morgan fingerprint density at radius 1 is 1.00 bits per heavy atom. The number of aromatic nitrogens is 2. The number of aliphatic hydroxyl groups excluding tert-OH is 2. The molecule has 6 N–H and O–H groups in total. The number of fused-ring (bicyclic) bond motifs is 1.